The number of amides is 2. The number of benzene rings is 2. The summed E-state index contributed by atoms with van der Waals surface area (Å²) in [7, 11) is 0. The highest BCUT2D eigenvalue weighted by Crippen LogP contribution is 2.18. The molecule has 2 atom stereocenters. The van der Waals surface area contributed by atoms with E-state index >= 15 is 0 Å². The van der Waals surface area contributed by atoms with Gasteiger partial charge in [0.2, 0.25) is 5.91 Å². The number of nitrogens with one attached hydrogen (secondary N) is 2. The Labute approximate surface area is 183 Å². The molecule has 164 valence electrons. The molecule has 0 radical (unpaired) electrons. The van der Waals surface area contributed by atoms with Crippen LogP contribution < -0.4 is 10.6 Å². The summed E-state index contributed by atoms with van der Waals surface area (Å²) >= 11 is 0. The Morgan fingerprint density at radius 3 is 1.97 bits per heavy atom. The van der Waals surface area contributed by atoms with Crippen LogP contribution in [0.15, 0.2) is 64.8 Å². The quantitative estimate of drug-likeness (QED) is 0.433. The van der Waals surface area contributed by atoms with Crippen LogP contribution in [0.5, 0.6) is 0 Å². The van der Waals surface area contributed by atoms with Gasteiger partial charge in [-0.05, 0) is 54.7 Å². The van der Waals surface area contributed by atoms with Crippen molar-refractivity contribution in [1.82, 2.24) is 10.6 Å². The molecule has 2 aromatic rings. The Hall–Kier alpha value is -3.35. The molecule has 0 spiro atoms. The van der Waals surface area contributed by atoms with Gasteiger partial charge in [0.05, 0.1) is 17.4 Å². The summed E-state index contributed by atoms with van der Waals surface area (Å²) in [6, 6.07) is 14.7. The lowest BCUT2D eigenvalue weighted by Crippen LogP contribution is -2.52. The van der Waals surface area contributed by atoms with E-state index in [4.69, 9.17) is 0 Å². The van der Waals surface area contributed by atoms with Crippen molar-refractivity contribution in [2.24, 2.45) is 22.1 Å². The first-order valence-corrected chi connectivity index (χ1v) is 10.4. The van der Waals surface area contributed by atoms with Crippen LogP contribution >= 0.6 is 0 Å². The van der Waals surface area contributed by atoms with Crippen LogP contribution in [0.25, 0.3) is 0 Å². The van der Waals surface area contributed by atoms with Crippen LogP contribution in [0.2, 0.25) is 0 Å². The maximum absolute atomic E-state index is 12.7. The lowest BCUT2D eigenvalue weighted by molar-refractivity contribution is -0.126. The second-order valence-corrected chi connectivity index (χ2v) is 8.16. The van der Waals surface area contributed by atoms with E-state index in [1.165, 1.54) is 0 Å². The molecule has 0 saturated carbocycles. The fourth-order valence-electron chi connectivity index (χ4n) is 2.98. The van der Waals surface area contributed by atoms with E-state index in [2.05, 4.69) is 20.9 Å². The minimum Gasteiger partial charge on any atom is -0.345 e. The van der Waals surface area contributed by atoms with Crippen molar-refractivity contribution >= 4 is 29.5 Å². The summed E-state index contributed by atoms with van der Waals surface area (Å²) in [6.07, 6.45) is 1.28. The second-order valence-electron chi connectivity index (χ2n) is 8.16. The van der Waals surface area contributed by atoms with Crippen LogP contribution in [-0.2, 0) is 9.59 Å². The molecule has 0 heterocycles. The molecule has 7 heteroatoms. The average molecular weight is 423 g/mol. The minimum atomic E-state index is -0.750. The van der Waals surface area contributed by atoms with Crippen LogP contribution in [-0.4, -0.2) is 30.2 Å². The fourth-order valence-corrected chi connectivity index (χ4v) is 2.98. The van der Waals surface area contributed by atoms with Crippen molar-refractivity contribution in [3.63, 3.8) is 0 Å². The number of hydrogen-bond donors (Lipinski definition) is 2. The predicted molar refractivity (Wildman–Crippen MR) is 121 cm³/mol. The normalized spacial score (nSPS) is 13.2. The molecular weight excluding hydrogens is 392 g/mol. The van der Waals surface area contributed by atoms with Gasteiger partial charge in [-0.25, -0.2) is 0 Å². The highest BCUT2D eigenvalue weighted by molar-refractivity contribution is 5.98. The van der Waals surface area contributed by atoms with Crippen molar-refractivity contribution in [3.05, 3.63) is 60.2 Å². The minimum absolute atomic E-state index is 0.144. The topological polar surface area (TPSA) is 100.0 Å². The number of carbonyl (C=O) groups is 3. The third kappa shape index (κ3) is 7.77. The zero-order chi connectivity index (χ0) is 22.8. The number of aldehydes is 1. The van der Waals surface area contributed by atoms with E-state index in [1.807, 2.05) is 58.0 Å². The third-order valence-corrected chi connectivity index (χ3v) is 4.62. The summed E-state index contributed by atoms with van der Waals surface area (Å²) in [5, 5.41) is 13.8. The van der Waals surface area contributed by atoms with Crippen LogP contribution in [0.3, 0.4) is 0 Å². The number of azo groups is 1. The van der Waals surface area contributed by atoms with Gasteiger partial charge in [0, 0.05) is 5.56 Å². The van der Waals surface area contributed by atoms with Crippen LogP contribution in [0.4, 0.5) is 11.4 Å². The summed E-state index contributed by atoms with van der Waals surface area (Å²) in [5.74, 6) is -0.615. The van der Waals surface area contributed by atoms with E-state index < -0.39 is 12.1 Å². The SMILES string of the molecule is CC(C)C[C@@H](C=O)NC(=O)[C@@H](NC(=O)c1ccc(N=Nc2ccccc2)cc1)C(C)C. The Morgan fingerprint density at radius 2 is 1.45 bits per heavy atom. The second kappa shape index (κ2) is 11.7. The smallest absolute Gasteiger partial charge is 0.251 e. The number of nitrogens with zero attached hydrogens (tertiary/aromatic N) is 2. The molecule has 0 saturated heterocycles. The summed E-state index contributed by atoms with van der Waals surface area (Å²) < 4.78 is 0. The number of rotatable bonds is 10. The summed E-state index contributed by atoms with van der Waals surface area (Å²) in [6.45, 7) is 7.65. The van der Waals surface area contributed by atoms with Crippen molar-refractivity contribution in [2.45, 2.75) is 46.2 Å². The first-order chi connectivity index (χ1) is 14.8. The van der Waals surface area contributed by atoms with Crippen molar-refractivity contribution < 1.29 is 14.4 Å². The molecule has 2 amide bonds. The Balaban J connectivity index is 2.02. The Morgan fingerprint density at radius 1 is 0.871 bits per heavy atom. The molecule has 2 rings (SSSR count). The average Bonchev–Trinajstić information content (AvgIpc) is 2.75. The van der Waals surface area contributed by atoms with Gasteiger partial charge in [0.1, 0.15) is 12.3 Å². The van der Waals surface area contributed by atoms with E-state index in [9.17, 15) is 14.4 Å². The van der Waals surface area contributed by atoms with E-state index in [0.717, 1.165) is 12.0 Å². The molecule has 31 heavy (non-hydrogen) atoms. The first-order valence-electron chi connectivity index (χ1n) is 10.4. The maximum Gasteiger partial charge on any atom is 0.251 e. The summed E-state index contributed by atoms with van der Waals surface area (Å²) in [4.78, 5) is 36.6. The number of hydrogen-bond acceptors (Lipinski definition) is 5. The Bertz CT molecular complexity index is 893. The lowest BCUT2D eigenvalue weighted by Gasteiger charge is -2.24. The molecule has 0 aliphatic rings. The van der Waals surface area contributed by atoms with Gasteiger partial charge >= 0.3 is 0 Å². The molecule has 0 aromatic heterocycles. The highest BCUT2D eigenvalue weighted by Gasteiger charge is 2.26. The zero-order valence-electron chi connectivity index (χ0n) is 18.4. The van der Waals surface area contributed by atoms with Crippen LogP contribution in [0, 0.1) is 11.8 Å². The van der Waals surface area contributed by atoms with Gasteiger partial charge in [0.25, 0.3) is 5.91 Å². The van der Waals surface area contributed by atoms with Gasteiger partial charge < -0.3 is 15.4 Å². The molecule has 0 fully saturated rings. The lowest BCUT2D eigenvalue weighted by atomic mass is 10.0. The first kappa shape index (κ1) is 23.9. The monoisotopic (exact) mass is 422 g/mol. The molecule has 0 aliphatic heterocycles. The molecule has 0 aliphatic carbocycles. The fraction of sp³-hybridized carbons (Fsp3) is 0.375. The molecule has 7 nitrogen and oxygen atoms in total. The Kier molecular flexibility index (Phi) is 9.06. The van der Waals surface area contributed by atoms with Crippen LogP contribution in [0.1, 0.15) is 44.5 Å². The molecule has 2 aromatic carbocycles. The van der Waals surface area contributed by atoms with E-state index in [-0.39, 0.29) is 23.7 Å². The largest absolute Gasteiger partial charge is 0.345 e. The standard InChI is InChI=1S/C24H30N4O3/c1-16(2)14-21(15-29)25-24(31)22(17(3)4)26-23(30)18-10-12-20(13-11-18)28-27-19-8-6-5-7-9-19/h5-13,15-17,21-22H,14H2,1-4H3,(H,25,31)(H,26,30)/t21-,22-/m0/s1. The van der Waals surface area contributed by atoms with Gasteiger partial charge in [-0.2, -0.15) is 10.2 Å². The third-order valence-electron chi connectivity index (χ3n) is 4.62. The highest BCUT2D eigenvalue weighted by atomic mass is 16.2. The number of carbonyl (C=O) groups excluding carboxylic acids is 3. The molecule has 0 unspecified atom stereocenters. The predicted octanol–water partition coefficient (Wildman–Crippen LogP) is 4.59. The van der Waals surface area contributed by atoms with Gasteiger partial charge in [0.15, 0.2) is 0 Å². The van der Waals surface area contributed by atoms with E-state index in [1.54, 1.807) is 24.3 Å². The van der Waals surface area contributed by atoms with Gasteiger partial charge in [-0.1, -0.05) is 45.9 Å². The molecular formula is C24H30N4O3. The summed E-state index contributed by atoms with van der Waals surface area (Å²) in [5.41, 5.74) is 1.76. The van der Waals surface area contributed by atoms with E-state index in [0.29, 0.717) is 17.7 Å². The van der Waals surface area contributed by atoms with Gasteiger partial charge in [-0.3, -0.25) is 9.59 Å². The molecule has 0 bridgehead atoms. The maximum atomic E-state index is 12.7. The van der Waals surface area contributed by atoms with Crippen molar-refractivity contribution in [3.8, 4) is 0 Å². The van der Waals surface area contributed by atoms with Crippen molar-refractivity contribution in [2.75, 3.05) is 0 Å². The molecule has 2 N–H and O–H groups in total. The zero-order valence-corrected chi connectivity index (χ0v) is 18.4. The van der Waals surface area contributed by atoms with Crippen molar-refractivity contribution in [1.29, 1.82) is 0 Å². The van der Waals surface area contributed by atoms with Gasteiger partial charge in [-0.15, -0.1) is 0 Å².